The smallest absolute Gasteiger partial charge is 0.305 e. The predicted octanol–water partition coefficient (Wildman–Crippen LogP) is 4.31. The van der Waals surface area contributed by atoms with Gasteiger partial charge in [0.1, 0.15) is 0 Å². The lowest BCUT2D eigenvalue weighted by molar-refractivity contribution is -0.162. The van der Waals surface area contributed by atoms with Gasteiger partial charge in [-0.3, -0.25) is 9.59 Å². The first-order valence-corrected chi connectivity index (χ1v) is 8.19. The van der Waals surface area contributed by atoms with Gasteiger partial charge in [0.2, 0.25) is 11.4 Å². The first kappa shape index (κ1) is 19.3. The highest BCUT2D eigenvalue weighted by molar-refractivity contribution is 5.67. The second kappa shape index (κ2) is 7.91. The number of hydrogen-bond donors (Lipinski definition) is 0. The Morgan fingerprint density at radius 2 is 1.00 bits per heavy atom. The van der Waals surface area contributed by atoms with E-state index in [1.54, 1.807) is 38.1 Å². The minimum absolute atomic E-state index is 0.496. The molecule has 0 aromatic heterocycles. The third-order valence-electron chi connectivity index (χ3n) is 3.74. The second-order valence-corrected chi connectivity index (χ2v) is 6.09. The molecule has 26 heavy (non-hydrogen) atoms. The van der Waals surface area contributed by atoms with E-state index in [1.165, 1.54) is 13.8 Å². The zero-order valence-electron chi connectivity index (χ0n) is 15.3. The number of benzene rings is 2. The van der Waals surface area contributed by atoms with Gasteiger partial charge in [-0.05, 0) is 0 Å². The molecular weight excluding hydrogens is 332 g/mol. The minimum atomic E-state index is -1.34. The highest BCUT2D eigenvalue weighted by Gasteiger charge is 2.35. The van der Waals surface area contributed by atoms with Crippen LogP contribution in [0.15, 0.2) is 70.9 Å². The molecule has 0 spiro atoms. The molecule has 2 atom stereocenters. The van der Waals surface area contributed by atoms with Crippen molar-refractivity contribution in [2.24, 2.45) is 10.2 Å². The average Bonchev–Trinajstić information content (AvgIpc) is 2.60. The van der Waals surface area contributed by atoms with Crippen LogP contribution in [0.25, 0.3) is 0 Å². The number of esters is 2. The summed E-state index contributed by atoms with van der Waals surface area (Å²) in [5.41, 5.74) is -1.39. The number of carbonyl (C=O) groups excluding carboxylic acids is 2. The number of rotatable bonds is 6. The quantitative estimate of drug-likeness (QED) is 0.572. The van der Waals surface area contributed by atoms with Crippen molar-refractivity contribution in [3.8, 4) is 0 Å². The summed E-state index contributed by atoms with van der Waals surface area (Å²) in [6.07, 6.45) is 0. The van der Waals surface area contributed by atoms with Crippen molar-refractivity contribution in [1.82, 2.24) is 0 Å². The Hall–Kier alpha value is -3.02. The number of hydrogen-bond acceptors (Lipinski definition) is 6. The van der Waals surface area contributed by atoms with Crippen LogP contribution in [-0.2, 0) is 30.5 Å². The number of nitrogens with zero attached hydrogens (tertiary/aromatic N) is 2. The number of azo groups is 1. The number of ether oxygens (including phenoxy) is 2. The van der Waals surface area contributed by atoms with Gasteiger partial charge in [0.25, 0.3) is 0 Å². The Bertz CT molecular complexity index is 724. The Morgan fingerprint density at radius 3 is 1.27 bits per heavy atom. The summed E-state index contributed by atoms with van der Waals surface area (Å²) in [7, 11) is 0. The van der Waals surface area contributed by atoms with Crippen molar-refractivity contribution in [1.29, 1.82) is 0 Å². The van der Waals surface area contributed by atoms with E-state index in [0.717, 1.165) is 0 Å². The van der Waals surface area contributed by atoms with Crippen molar-refractivity contribution in [3.05, 3.63) is 71.8 Å². The maximum absolute atomic E-state index is 11.6. The van der Waals surface area contributed by atoms with Gasteiger partial charge in [-0.1, -0.05) is 60.7 Å². The van der Waals surface area contributed by atoms with Crippen LogP contribution >= 0.6 is 0 Å². The van der Waals surface area contributed by atoms with Crippen LogP contribution in [0.3, 0.4) is 0 Å². The van der Waals surface area contributed by atoms with E-state index in [1.807, 2.05) is 36.4 Å². The molecule has 2 unspecified atom stereocenters. The van der Waals surface area contributed by atoms with Crippen molar-refractivity contribution in [2.45, 2.75) is 39.1 Å². The van der Waals surface area contributed by atoms with Crippen LogP contribution < -0.4 is 0 Å². The fourth-order valence-electron chi connectivity index (χ4n) is 2.52. The van der Waals surface area contributed by atoms with Crippen molar-refractivity contribution in [2.75, 3.05) is 0 Å². The summed E-state index contributed by atoms with van der Waals surface area (Å²) >= 11 is 0. The van der Waals surface area contributed by atoms with Crippen molar-refractivity contribution in [3.63, 3.8) is 0 Å². The van der Waals surface area contributed by atoms with Crippen LogP contribution in [0.5, 0.6) is 0 Å². The van der Waals surface area contributed by atoms with Crippen LogP contribution in [-0.4, -0.2) is 11.9 Å². The van der Waals surface area contributed by atoms with Gasteiger partial charge in [0, 0.05) is 38.8 Å². The predicted molar refractivity (Wildman–Crippen MR) is 96.0 cm³/mol. The second-order valence-electron chi connectivity index (χ2n) is 6.09. The molecule has 0 heterocycles. The van der Waals surface area contributed by atoms with Crippen molar-refractivity contribution >= 4 is 11.9 Å². The SMILES string of the molecule is CC(=O)OC(C)(N=NC(C)(OC(C)=O)c1ccccc1)c1ccccc1. The van der Waals surface area contributed by atoms with Crippen LogP contribution in [0, 0.1) is 0 Å². The lowest BCUT2D eigenvalue weighted by atomic mass is 10.0. The van der Waals surface area contributed by atoms with E-state index in [9.17, 15) is 9.59 Å². The molecule has 0 bridgehead atoms. The third-order valence-corrected chi connectivity index (χ3v) is 3.74. The fraction of sp³-hybridized carbons (Fsp3) is 0.300. The molecule has 0 aliphatic heterocycles. The molecule has 0 N–H and O–H groups in total. The minimum Gasteiger partial charge on any atom is -0.431 e. The lowest BCUT2D eigenvalue weighted by Gasteiger charge is -2.28. The maximum atomic E-state index is 11.6. The van der Waals surface area contributed by atoms with E-state index in [2.05, 4.69) is 10.2 Å². The Labute approximate surface area is 152 Å². The maximum Gasteiger partial charge on any atom is 0.305 e. The van der Waals surface area contributed by atoms with Gasteiger partial charge in [-0.25, -0.2) is 0 Å². The summed E-state index contributed by atoms with van der Waals surface area (Å²) in [6.45, 7) is 5.87. The molecule has 2 rings (SSSR count). The monoisotopic (exact) mass is 354 g/mol. The topological polar surface area (TPSA) is 77.3 Å². The highest BCUT2D eigenvalue weighted by Crippen LogP contribution is 2.33. The van der Waals surface area contributed by atoms with Gasteiger partial charge in [0.15, 0.2) is 0 Å². The van der Waals surface area contributed by atoms with Gasteiger partial charge in [0.05, 0.1) is 0 Å². The molecule has 0 aliphatic carbocycles. The molecule has 0 radical (unpaired) electrons. The molecule has 0 aliphatic rings. The normalized spacial score (nSPS) is 15.7. The van der Waals surface area contributed by atoms with E-state index in [0.29, 0.717) is 11.1 Å². The summed E-state index contributed by atoms with van der Waals surface area (Å²) < 4.78 is 10.8. The fourth-order valence-corrected chi connectivity index (χ4v) is 2.52. The van der Waals surface area contributed by atoms with E-state index in [4.69, 9.17) is 9.47 Å². The molecule has 0 amide bonds. The van der Waals surface area contributed by atoms with Crippen LogP contribution in [0.1, 0.15) is 38.8 Å². The van der Waals surface area contributed by atoms with Gasteiger partial charge in [-0.15, -0.1) is 10.2 Å². The first-order chi connectivity index (χ1) is 12.3. The third kappa shape index (κ3) is 4.75. The summed E-state index contributed by atoms with van der Waals surface area (Å²) in [6, 6.07) is 18.1. The van der Waals surface area contributed by atoms with Crippen LogP contribution in [0.2, 0.25) is 0 Å². The van der Waals surface area contributed by atoms with E-state index in [-0.39, 0.29) is 0 Å². The largest absolute Gasteiger partial charge is 0.431 e. The summed E-state index contributed by atoms with van der Waals surface area (Å²) in [4.78, 5) is 23.2. The van der Waals surface area contributed by atoms with E-state index >= 15 is 0 Å². The molecule has 136 valence electrons. The zero-order chi connectivity index (χ0) is 19.2. The van der Waals surface area contributed by atoms with Gasteiger partial charge < -0.3 is 9.47 Å². The van der Waals surface area contributed by atoms with Gasteiger partial charge >= 0.3 is 11.9 Å². The first-order valence-electron chi connectivity index (χ1n) is 8.19. The lowest BCUT2D eigenvalue weighted by Crippen LogP contribution is -2.29. The summed E-state index contributed by atoms with van der Waals surface area (Å²) in [5, 5.41) is 8.54. The van der Waals surface area contributed by atoms with Crippen molar-refractivity contribution < 1.29 is 19.1 Å². The molecule has 0 saturated heterocycles. The Balaban J connectivity index is 2.47. The molecule has 2 aromatic carbocycles. The summed E-state index contributed by atoms with van der Waals surface area (Å²) in [5.74, 6) is -0.992. The molecular formula is C20H22N2O4. The highest BCUT2D eigenvalue weighted by atomic mass is 16.6. The molecule has 0 fully saturated rings. The molecule has 6 nitrogen and oxygen atoms in total. The standard InChI is InChI=1S/C20H22N2O4/c1-15(23)25-19(3,17-11-7-5-8-12-17)21-22-20(4,26-16(2)24)18-13-9-6-10-14-18/h5-14H,1-4H3. The Morgan fingerprint density at radius 1 is 0.692 bits per heavy atom. The van der Waals surface area contributed by atoms with E-state index < -0.39 is 23.4 Å². The van der Waals surface area contributed by atoms with Gasteiger partial charge in [-0.2, -0.15) is 0 Å². The molecule has 2 aromatic rings. The molecule has 6 heteroatoms. The zero-order valence-corrected chi connectivity index (χ0v) is 15.3. The molecule has 0 saturated carbocycles. The van der Waals surface area contributed by atoms with Crippen LogP contribution in [0.4, 0.5) is 0 Å². The Kier molecular flexibility index (Phi) is 5.87. The number of carbonyl (C=O) groups is 2. The average molecular weight is 354 g/mol.